The summed E-state index contributed by atoms with van der Waals surface area (Å²) in [5.74, 6) is -0.509. The first-order valence-corrected chi connectivity index (χ1v) is 4.62. The molecule has 1 amide bonds. The van der Waals surface area contributed by atoms with Crippen LogP contribution in [0.3, 0.4) is 0 Å². The molecule has 4 N–H and O–H groups in total. The van der Waals surface area contributed by atoms with Crippen molar-refractivity contribution in [2.24, 2.45) is 11.5 Å². The second kappa shape index (κ2) is 3.89. The molecule has 3 nitrogen and oxygen atoms in total. The second-order valence-corrected chi connectivity index (χ2v) is 3.80. The number of rotatable bonds is 2. The average Bonchev–Trinajstić information content (AvgIpc) is 2.03. The highest BCUT2D eigenvalue weighted by atomic mass is 79.9. The van der Waals surface area contributed by atoms with Gasteiger partial charge >= 0.3 is 0 Å². The van der Waals surface area contributed by atoms with Crippen molar-refractivity contribution in [3.05, 3.63) is 33.8 Å². The molecule has 0 aliphatic heterocycles. The van der Waals surface area contributed by atoms with E-state index in [1.165, 1.54) is 0 Å². The van der Waals surface area contributed by atoms with Crippen molar-refractivity contribution in [2.45, 2.75) is 13.0 Å². The van der Waals surface area contributed by atoms with E-state index in [9.17, 15) is 4.79 Å². The zero-order valence-electron chi connectivity index (χ0n) is 7.25. The van der Waals surface area contributed by atoms with Crippen LogP contribution in [0.1, 0.15) is 17.2 Å². The van der Waals surface area contributed by atoms with Crippen molar-refractivity contribution in [3.63, 3.8) is 0 Å². The van der Waals surface area contributed by atoms with Crippen LogP contribution in [0.2, 0.25) is 0 Å². The normalized spacial score (nSPS) is 12.5. The van der Waals surface area contributed by atoms with Crippen molar-refractivity contribution in [2.75, 3.05) is 0 Å². The minimum Gasteiger partial charge on any atom is -0.368 e. The largest absolute Gasteiger partial charge is 0.368 e. The number of carbonyl (C=O) groups is 1. The molecule has 1 aromatic rings. The van der Waals surface area contributed by atoms with E-state index in [1.54, 1.807) is 6.07 Å². The van der Waals surface area contributed by atoms with E-state index in [4.69, 9.17) is 11.5 Å². The van der Waals surface area contributed by atoms with Crippen LogP contribution in [0.5, 0.6) is 0 Å². The van der Waals surface area contributed by atoms with Gasteiger partial charge in [-0.05, 0) is 30.2 Å². The summed E-state index contributed by atoms with van der Waals surface area (Å²) in [7, 11) is 0. The van der Waals surface area contributed by atoms with Crippen LogP contribution in [0.25, 0.3) is 0 Å². The van der Waals surface area contributed by atoms with Gasteiger partial charge in [0.15, 0.2) is 0 Å². The van der Waals surface area contributed by atoms with Gasteiger partial charge in [-0.15, -0.1) is 0 Å². The van der Waals surface area contributed by atoms with Gasteiger partial charge in [0.05, 0.1) is 0 Å². The van der Waals surface area contributed by atoms with Crippen molar-refractivity contribution in [1.82, 2.24) is 0 Å². The first-order valence-electron chi connectivity index (χ1n) is 3.83. The summed E-state index contributed by atoms with van der Waals surface area (Å²) in [5.41, 5.74) is 12.4. The van der Waals surface area contributed by atoms with Gasteiger partial charge in [-0.25, -0.2) is 0 Å². The maximum Gasteiger partial charge on any atom is 0.238 e. The molecule has 0 saturated carbocycles. The number of benzene rings is 1. The molecule has 1 aromatic carbocycles. The highest BCUT2D eigenvalue weighted by Crippen LogP contribution is 2.19. The molecular formula is C9H11BrN2O. The summed E-state index contributed by atoms with van der Waals surface area (Å²) in [6, 6.07) is 4.83. The Morgan fingerprint density at radius 2 is 2.15 bits per heavy atom. The Kier molecular flexibility index (Phi) is 3.06. The van der Waals surface area contributed by atoms with E-state index in [2.05, 4.69) is 15.9 Å². The van der Waals surface area contributed by atoms with Crippen LogP contribution in [0.4, 0.5) is 0 Å². The van der Waals surface area contributed by atoms with Gasteiger partial charge in [-0.3, -0.25) is 4.79 Å². The van der Waals surface area contributed by atoms with Crippen LogP contribution in [0, 0.1) is 6.92 Å². The van der Waals surface area contributed by atoms with Gasteiger partial charge in [0.1, 0.15) is 6.04 Å². The van der Waals surface area contributed by atoms with Gasteiger partial charge in [-0.1, -0.05) is 22.0 Å². The Hall–Kier alpha value is -0.870. The molecule has 4 heteroatoms. The number of halogens is 1. The van der Waals surface area contributed by atoms with E-state index in [0.717, 1.165) is 15.6 Å². The van der Waals surface area contributed by atoms with Crippen LogP contribution < -0.4 is 11.5 Å². The van der Waals surface area contributed by atoms with Gasteiger partial charge in [0.2, 0.25) is 5.91 Å². The van der Waals surface area contributed by atoms with Crippen molar-refractivity contribution < 1.29 is 4.79 Å². The van der Waals surface area contributed by atoms with E-state index in [-0.39, 0.29) is 0 Å². The summed E-state index contributed by atoms with van der Waals surface area (Å²) in [6.07, 6.45) is 0. The number of nitrogens with two attached hydrogens (primary N) is 2. The Balaban J connectivity index is 3.08. The Morgan fingerprint density at radius 1 is 1.54 bits per heavy atom. The number of carbonyl (C=O) groups excluding carboxylic acids is 1. The number of hydrogen-bond donors (Lipinski definition) is 2. The van der Waals surface area contributed by atoms with Crippen LogP contribution >= 0.6 is 15.9 Å². The average molecular weight is 243 g/mol. The summed E-state index contributed by atoms with van der Waals surface area (Å²) in [4.78, 5) is 10.8. The number of primary amides is 1. The van der Waals surface area contributed by atoms with E-state index in [0.29, 0.717) is 0 Å². The molecule has 0 spiro atoms. The van der Waals surface area contributed by atoms with Gasteiger partial charge in [0.25, 0.3) is 0 Å². The first kappa shape index (κ1) is 10.2. The highest BCUT2D eigenvalue weighted by molar-refractivity contribution is 9.10. The van der Waals surface area contributed by atoms with Crippen molar-refractivity contribution in [3.8, 4) is 0 Å². The van der Waals surface area contributed by atoms with Crippen LogP contribution in [-0.4, -0.2) is 5.91 Å². The number of amides is 1. The first-order chi connectivity index (χ1) is 6.02. The fourth-order valence-corrected chi connectivity index (χ4v) is 1.62. The van der Waals surface area contributed by atoms with Gasteiger partial charge < -0.3 is 11.5 Å². The van der Waals surface area contributed by atoms with Crippen LogP contribution in [-0.2, 0) is 4.79 Å². The number of aryl methyl sites for hydroxylation is 1. The van der Waals surface area contributed by atoms with E-state index < -0.39 is 11.9 Å². The maximum absolute atomic E-state index is 10.8. The van der Waals surface area contributed by atoms with E-state index in [1.807, 2.05) is 19.1 Å². The van der Waals surface area contributed by atoms with Gasteiger partial charge in [-0.2, -0.15) is 0 Å². The molecule has 0 saturated heterocycles. The minimum absolute atomic E-state index is 0.509. The predicted molar refractivity (Wildman–Crippen MR) is 55.0 cm³/mol. The third-order valence-electron chi connectivity index (χ3n) is 1.87. The molecule has 1 atom stereocenters. The van der Waals surface area contributed by atoms with Crippen molar-refractivity contribution in [1.29, 1.82) is 0 Å². The monoisotopic (exact) mass is 242 g/mol. The zero-order chi connectivity index (χ0) is 10.0. The van der Waals surface area contributed by atoms with Crippen molar-refractivity contribution >= 4 is 21.8 Å². The fraction of sp³-hybridized carbons (Fsp3) is 0.222. The molecule has 1 rings (SSSR count). The van der Waals surface area contributed by atoms with E-state index >= 15 is 0 Å². The Labute approximate surface area is 85.2 Å². The molecule has 0 heterocycles. The fourth-order valence-electron chi connectivity index (χ4n) is 1.14. The molecular weight excluding hydrogens is 232 g/mol. The summed E-state index contributed by atoms with van der Waals surface area (Å²) in [5, 5.41) is 0. The molecule has 13 heavy (non-hydrogen) atoms. The maximum atomic E-state index is 10.8. The molecule has 70 valence electrons. The lowest BCUT2D eigenvalue weighted by Crippen LogP contribution is -2.28. The smallest absolute Gasteiger partial charge is 0.238 e. The lowest BCUT2D eigenvalue weighted by molar-refractivity contribution is -0.119. The zero-order valence-corrected chi connectivity index (χ0v) is 8.84. The third kappa shape index (κ3) is 2.29. The van der Waals surface area contributed by atoms with Gasteiger partial charge in [0, 0.05) is 4.47 Å². The molecule has 0 aliphatic rings. The Bertz CT molecular complexity index is 338. The molecule has 0 aromatic heterocycles. The summed E-state index contributed by atoms with van der Waals surface area (Å²) < 4.78 is 0.963. The Morgan fingerprint density at radius 3 is 2.62 bits per heavy atom. The van der Waals surface area contributed by atoms with Crippen LogP contribution in [0.15, 0.2) is 22.7 Å². The topological polar surface area (TPSA) is 69.1 Å². The lowest BCUT2D eigenvalue weighted by Gasteiger charge is -2.10. The second-order valence-electron chi connectivity index (χ2n) is 2.88. The lowest BCUT2D eigenvalue weighted by atomic mass is 10.0. The predicted octanol–water partition coefficient (Wildman–Crippen LogP) is 1.24. The quantitative estimate of drug-likeness (QED) is 0.820. The molecule has 0 radical (unpaired) electrons. The molecule has 1 unspecified atom stereocenters. The molecule has 0 bridgehead atoms. The molecule has 0 fully saturated rings. The summed E-state index contributed by atoms with van der Waals surface area (Å²) >= 11 is 3.33. The number of hydrogen-bond acceptors (Lipinski definition) is 2. The standard InChI is InChI=1S/C9H11BrN2O/c1-5-4-6(10)2-3-7(5)8(11)9(12)13/h2-4,8H,11H2,1H3,(H2,12,13). The minimum atomic E-state index is -0.715. The summed E-state index contributed by atoms with van der Waals surface area (Å²) in [6.45, 7) is 1.89. The highest BCUT2D eigenvalue weighted by Gasteiger charge is 2.13. The third-order valence-corrected chi connectivity index (χ3v) is 2.37. The SMILES string of the molecule is Cc1cc(Br)ccc1C(N)C(N)=O. The molecule has 0 aliphatic carbocycles.